The third-order valence-corrected chi connectivity index (χ3v) is 4.19. The number of carbonyl (C=O) groups is 2. The maximum Gasteiger partial charge on any atom is 0.326 e. The number of carboxylic acids is 1. The number of hydrogen-bond acceptors (Lipinski definition) is 2. The highest BCUT2D eigenvalue weighted by Gasteiger charge is 2.21. The molecule has 0 aliphatic carbocycles. The molecule has 0 radical (unpaired) electrons. The third-order valence-electron chi connectivity index (χ3n) is 4.19. The highest BCUT2D eigenvalue weighted by Crippen LogP contribution is 2.19. The Bertz CT molecular complexity index is 939. The van der Waals surface area contributed by atoms with Crippen molar-refractivity contribution < 1.29 is 19.1 Å². The van der Waals surface area contributed by atoms with E-state index in [1.165, 1.54) is 18.2 Å². The average Bonchev–Trinajstić information content (AvgIpc) is 2.68. The molecule has 1 atom stereocenters. The molecule has 27 heavy (non-hydrogen) atoms. The Labute approximate surface area is 156 Å². The fourth-order valence-corrected chi connectivity index (χ4v) is 2.77. The smallest absolute Gasteiger partial charge is 0.326 e. The Balaban J connectivity index is 1.71. The van der Waals surface area contributed by atoms with Gasteiger partial charge in [-0.3, -0.25) is 4.79 Å². The molecule has 0 heterocycles. The Morgan fingerprint density at radius 3 is 2.19 bits per heavy atom. The second-order valence-electron chi connectivity index (χ2n) is 6.14. The van der Waals surface area contributed by atoms with Crippen molar-refractivity contribution in [3.05, 3.63) is 95.8 Å². The highest BCUT2D eigenvalue weighted by atomic mass is 19.1. The molecule has 4 nitrogen and oxygen atoms in total. The molecule has 0 spiro atoms. The Morgan fingerprint density at radius 1 is 0.889 bits per heavy atom. The minimum absolute atomic E-state index is 0.0840. The lowest BCUT2D eigenvalue weighted by Gasteiger charge is -2.15. The number of carbonyl (C=O) groups excluding carboxylic acids is 1. The van der Waals surface area contributed by atoms with Gasteiger partial charge in [0.25, 0.3) is 5.91 Å². The van der Waals surface area contributed by atoms with Gasteiger partial charge in [-0.25, -0.2) is 9.18 Å². The first-order valence-electron chi connectivity index (χ1n) is 8.46. The predicted octanol–water partition coefficient (Wildman–Crippen LogP) is 3.92. The van der Waals surface area contributed by atoms with Crippen molar-refractivity contribution in [3.63, 3.8) is 0 Å². The normalized spacial score (nSPS) is 11.6. The molecule has 0 saturated carbocycles. The lowest BCUT2D eigenvalue weighted by Crippen LogP contribution is -2.42. The number of aliphatic carboxylic acids is 1. The number of amides is 1. The second kappa shape index (κ2) is 8.27. The van der Waals surface area contributed by atoms with Crippen LogP contribution in [0.3, 0.4) is 0 Å². The first kappa shape index (κ1) is 18.3. The zero-order valence-corrected chi connectivity index (χ0v) is 14.4. The van der Waals surface area contributed by atoms with Crippen molar-refractivity contribution in [1.29, 1.82) is 0 Å². The van der Waals surface area contributed by atoms with Gasteiger partial charge in [-0.15, -0.1) is 0 Å². The van der Waals surface area contributed by atoms with E-state index in [1.54, 1.807) is 0 Å². The number of rotatable bonds is 6. The maximum absolute atomic E-state index is 13.3. The van der Waals surface area contributed by atoms with Crippen LogP contribution in [0.1, 0.15) is 15.9 Å². The van der Waals surface area contributed by atoms with Crippen molar-refractivity contribution >= 4 is 11.9 Å². The fourth-order valence-electron chi connectivity index (χ4n) is 2.77. The molecule has 1 amide bonds. The lowest BCUT2D eigenvalue weighted by molar-refractivity contribution is -0.139. The van der Waals surface area contributed by atoms with Crippen LogP contribution in [-0.4, -0.2) is 23.0 Å². The van der Waals surface area contributed by atoms with Crippen LogP contribution < -0.4 is 5.32 Å². The van der Waals surface area contributed by atoms with Gasteiger partial charge in [0.1, 0.15) is 11.9 Å². The van der Waals surface area contributed by atoms with Crippen molar-refractivity contribution in [2.45, 2.75) is 12.5 Å². The van der Waals surface area contributed by atoms with Gasteiger partial charge < -0.3 is 10.4 Å². The van der Waals surface area contributed by atoms with Crippen LogP contribution in [0.15, 0.2) is 78.9 Å². The molecule has 5 heteroatoms. The summed E-state index contributed by atoms with van der Waals surface area (Å²) in [5, 5.41) is 11.9. The monoisotopic (exact) mass is 363 g/mol. The summed E-state index contributed by atoms with van der Waals surface area (Å²) in [5.41, 5.74) is 2.95. The zero-order chi connectivity index (χ0) is 19.2. The molecule has 0 bridgehead atoms. The molecular formula is C22H18FNO3. The van der Waals surface area contributed by atoms with E-state index >= 15 is 0 Å². The number of nitrogens with one attached hydrogen (secondary N) is 1. The maximum atomic E-state index is 13.3. The molecule has 2 N–H and O–H groups in total. The van der Waals surface area contributed by atoms with E-state index in [0.29, 0.717) is 0 Å². The van der Waals surface area contributed by atoms with E-state index in [9.17, 15) is 19.1 Å². The number of benzene rings is 3. The first-order valence-corrected chi connectivity index (χ1v) is 8.46. The summed E-state index contributed by atoms with van der Waals surface area (Å²) in [6.45, 7) is 0. The number of halogens is 1. The molecule has 0 aliphatic heterocycles. The van der Waals surface area contributed by atoms with Gasteiger partial charge in [0.15, 0.2) is 0 Å². The van der Waals surface area contributed by atoms with Gasteiger partial charge in [-0.2, -0.15) is 0 Å². The van der Waals surface area contributed by atoms with Crippen LogP contribution in [0, 0.1) is 5.82 Å². The van der Waals surface area contributed by atoms with Crippen LogP contribution in [0.25, 0.3) is 11.1 Å². The first-order chi connectivity index (χ1) is 13.0. The van der Waals surface area contributed by atoms with Crippen molar-refractivity contribution in [3.8, 4) is 11.1 Å². The molecule has 3 aromatic carbocycles. The summed E-state index contributed by atoms with van der Waals surface area (Å²) in [5.74, 6) is -2.32. The van der Waals surface area contributed by atoms with Crippen molar-refractivity contribution in [2.75, 3.05) is 0 Å². The van der Waals surface area contributed by atoms with Crippen molar-refractivity contribution in [1.82, 2.24) is 5.32 Å². The molecule has 0 unspecified atom stereocenters. The summed E-state index contributed by atoms with van der Waals surface area (Å²) < 4.78 is 13.3. The van der Waals surface area contributed by atoms with Gasteiger partial charge in [0, 0.05) is 12.0 Å². The Morgan fingerprint density at radius 2 is 1.56 bits per heavy atom. The van der Waals surface area contributed by atoms with Gasteiger partial charge in [-0.1, -0.05) is 60.7 Å². The molecule has 0 fully saturated rings. The molecule has 0 saturated heterocycles. The molecular weight excluding hydrogens is 345 g/mol. The van der Waals surface area contributed by atoms with Crippen LogP contribution in [0.5, 0.6) is 0 Å². The molecule has 136 valence electrons. The molecule has 0 aliphatic rings. The largest absolute Gasteiger partial charge is 0.480 e. The van der Waals surface area contributed by atoms with Crippen molar-refractivity contribution in [2.24, 2.45) is 0 Å². The quantitative estimate of drug-likeness (QED) is 0.698. The van der Waals surface area contributed by atoms with E-state index < -0.39 is 23.7 Å². The summed E-state index contributed by atoms with van der Waals surface area (Å²) in [7, 11) is 0. The average molecular weight is 363 g/mol. The Hall–Kier alpha value is -3.47. The SMILES string of the molecule is O=C(N[C@@H](Cc1ccc(-c2ccccc2)cc1)C(=O)O)c1cccc(F)c1. The topological polar surface area (TPSA) is 66.4 Å². The van der Waals surface area contributed by atoms with Gasteiger partial charge in [0.05, 0.1) is 0 Å². The van der Waals surface area contributed by atoms with E-state index in [4.69, 9.17) is 0 Å². The number of hydrogen-bond donors (Lipinski definition) is 2. The minimum atomic E-state index is -1.15. The lowest BCUT2D eigenvalue weighted by atomic mass is 10.0. The highest BCUT2D eigenvalue weighted by molar-refractivity contribution is 5.96. The summed E-state index contributed by atoms with van der Waals surface area (Å²) in [6.07, 6.45) is 0.130. The van der Waals surface area contributed by atoms with Crippen LogP contribution in [0.2, 0.25) is 0 Å². The molecule has 3 aromatic rings. The number of carboxylic acid groups (broad SMARTS) is 1. The summed E-state index contributed by atoms with van der Waals surface area (Å²) >= 11 is 0. The van der Waals surface area contributed by atoms with Crippen LogP contribution in [0.4, 0.5) is 4.39 Å². The minimum Gasteiger partial charge on any atom is -0.480 e. The Kier molecular flexibility index (Phi) is 5.61. The standard InChI is InChI=1S/C22H18FNO3/c23-19-8-4-7-18(14-19)21(25)24-20(22(26)27)13-15-9-11-17(12-10-15)16-5-2-1-3-6-16/h1-12,14,20H,13H2,(H,24,25)(H,26,27)/t20-/m0/s1. The third kappa shape index (κ3) is 4.79. The summed E-state index contributed by atoms with van der Waals surface area (Å²) in [4.78, 5) is 23.7. The van der Waals surface area contributed by atoms with Gasteiger partial charge >= 0.3 is 5.97 Å². The van der Waals surface area contributed by atoms with Gasteiger partial charge in [0.2, 0.25) is 0 Å². The van der Waals surface area contributed by atoms with Crippen LogP contribution >= 0.6 is 0 Å². The van der Waals surface area contributed by atoms with E-state index in [2.05, 4.69) is 5.32 Å². The fraction of sp³-hybridized carbons (Fsp3) is 0.0909. The van der Waals surface area contributed by atoms with E-state index in [0.717, 1.165) is 22.8 Å². The summed E-state index contributed by atoms with van der Waals surface area (Å²) in [6, 6.07) is 21.4. The predicted molar refractivity (Wildman–Crippen MR) is 101 cm³/mol. The van der Waals surface area contributed by atoms with E-state index in [-0.39, 0.29) is 12.0 Å². The molecule has 0 aromatic heterocycles. The molecule has 3 rings (SSSR count). The van der Waals surface area contributed by atoms with E-state index in [1.807, 2.05) is 54.6 Å². The zero-order valence-electron chi connectivity index (χ0n) is 14.4. The second-order valence-corrected chi connectivity index (χ2v) is 6.14. The van der Waals surface area contributed by atoms with Crippen LogP contribution in [-0.2, 0) is 11.2 Å². The van der Waals surface area contributed by atoms with Gasteiger partial charge in [-0.05, 0) is 34.9 Å².